The van der Waals surface area contributed by atoms with Crippen LogP contribution in [-0.2, 0) is 14.3 Å². The molecular weight excluding hydrogens is 250 g/mol. The summed E-state index contributed by atoms with van der Waals surface area (Å²) in [6, 6.07) is 4.56. The fourth-order valence-electron chi connectivity index (χ4n) is 1.66. The Bertz CT molecular complexity index is 550. The number of carboxylic acid groups (broad SMARTS) is 1. The second kappa shape index (κ2) is 5.43. The third-order valence-electron chi connectivity index (χ3n) is 2.59. The van der Waals surface area contributed by atoms with E-state index in [1.807, 2.05) is 0 Å². The molecule has 0 radical (unpaired) electrons. The Hall–Kier alpha value is -2.50. The van der Waals surface area contributed by atoms with E-state index in [9.17, 15) is 9.59 Å². The van der Waals surface area contributed by atoms with Gasteiger partial charge in [-0.2, -0.15) is 0 Å². The van der Waals surface area contributed by atoms with Gasteiger partial charge in [-0.1, -0.05) is 0 Å². The van der Waals surface area contributed by atoms with E-state index in [1.165, 1.54) is 18.4 Å². The SMILES string of the molecule is Cc1cc(NC(=O)C2=COCCO2)ccc1C(=O)O. The average molecular weight is 263 g/mol. The number of benzene rings is 1. The number of carbonyl (C=O) groups is 2. The van der Waals surface area contributed by atoms with Crippen LogP contribution in [0, 0.1) is 6.92 Å². The smallest absolute Gasteiger partial charge is 0.335 e. The second-order valence-corrected chi connectivity index (χ2v) is 3.99. The molecule has 19 heavy (non-hydrogen) atoms. The Morgan fingerprint density at radius 3 is 2.68 bits per heavy atom. The lowest BCUT2D eigenvalue weighted by molar-refractivity contribution is -0.117. The summed E-state index contributed by atoms with van der Waals surface area (Å²) < 4.78 is 10.1. The van der Waals surface area contributed by atoms with Crippen molar-refractivity contribution in [3.8, 4) is 0 Å². The van der Waals surface area contributed by atoms with Crippen LogP contribution in [0.15, 0.2) is 30.2 Å². The zero-order chi connectivity index (χ0) is 13.8. The molecule has 0 spiro atoms. The molecule has 0 bridgehead atoms. The van der Waals surface area contributed by atoms with Gasteiger partial charge in [0.2, 0.25) is 5.76 Å². The highest BCUT2D eigenvalue weighted by atomic mass is 16.6. The summed E-state index contributed by atoms with van der Waals surface area (Å²) >= 11 is 0. The molecule has 1 amide bonds. The second-order valence-electron chi connectivity index (χ2n) is 3.99. The number of aryl methyl sites for hydroxylation is 1. The molecule has 0 unspecified atom stereocenters. The van der Waals surface area contributed by atoms with Gasteiger partial charge in [0.05, 0.1) is 5.56 Å². The van der Waals surface area contributed by atoms with Gasteiger partial charge in [0, 0.05) is 5.69 Å². The summed E-state index contributed by atoms with van der Waals surface area (Å²) in [6.07, 6.45) is 1.26. The quantitative estimate of drug-likeness (QED) is 0.863. The number of carbonyl (C=O) groups excluding carboxylic acids is 1. The molecule has 0 saturated carbocycles. The van der Waals surface area contributed by atoms with Gasteiger partial charge in [0.1, 0.15) is 19.5 Å². The standard InChI is InChI=1S/C13H13NO5/c1-8-6-9(2-3-10(8)13(16)17)14-12(15)11-7-18-4-5-19-11/h2-3,6-7H,4-5H2,1H3,(H,14,15)(H,16,17). The molecule has 1 aromatic rings. The number of nitrogens with one attached hydrogen (secondary N) is 1. The monoisotopic (exact) mass is 263 g/mol. The molecule has 1 aromatic carbocycles. The van der Waals surface area contributed by atoms with Crippen molar-refractivity contribution >= 4 is 17.6 Å². The molecule has 6 nitrogen and oxygen atoms in total. The van der Waals surface area contributed by atoms with Crippen molar-refractivity contribution in [2.24, 2.45) is 0 Å². The van der Waals surface area contributed by atoms with Crippen LogP contribution in [0.3, 0.4) is 0 Å². The zero-order valence-electron chi connectivity index (χ0n) is 10.3. The number of amides is 1. The largest absolute Gasteiger partial charge is 0.494 e. The molecule has 2 N–H and O–H groups in total. The van der Waals surface area contributed by atoms with Crippen molar-refractivity contribution in [3.63, 3.8) is 0 Å². The molecule has 0 atom stereocenters. The number of ether oxygens (including phenoxy) is 2. The van der Waals surface area contributed by atoms with E-state index in [-0.39, 0.29) is 11.3 Å². The summed E-state index contributed by atoms with van der Waals surface area (Å²) in [5.41, 5.74) is 1.28. The average Bonchev–Trinajstić information content (AvgIpc) is 2.39. The van der Waals surface area contributed by atoms with Crippen molar-refractivity contribution in [3.05, 3.63) is 41.3 Å². The predicted molar refractivity (Wildman–Crippen MR) is 66.8 cm³/mol. The van der Waals surface area contributed by atoms with Gasteiger partial charge < -0.3 is 19.9 Å². The summed E-state index contributed by atoms with van der Waals surface area (Å²) in [6.45, 7) is 2.41. The number of rotatable bonds is 3. The Labute approximate surface area is 109 Å². The van der Waals surface area contributed by atoms with E-state index in [4.69, 9.17) is 14.6 Å². The Morgan fingerprint density at radius 2 is 2.11 bits per heavy atom. The van der Waals surface area contributed by atoms with E-state index >= 15 is 0 Å². The van der Waals surface area contributed by atoms with Gasteiger partial charge in [0.25, 0.3) is 5.91 Å². The number of carboxylic acids is 1. The van der Waals surface area contributed by atoms with E-state index in [0.717, 1.165) is 0 Å². The van der Waals surface area contributed by atoms with Crippen LogP contribution in [-0.4, -0.2) is 30.2 Å². The third kappa shape index (κ3) is 3.04. The van der Waals surface area contributed by atoms with Crippen molar-refractivity contribution < 1.29 is 24.2 Å². The predicted octanol–water partition coefficient (Wildman–Crippen LogP) is 1.52. The Morgan fingerprint density at radius 1 is 1.32 bits per heavy atom. The minimum Gasteiger partial charge on any atom is -0.494 e. The summed E-state index contributed by atoms with van der Waals surface area (Å²) in [5.74, 6) is -1.32. The first-order valence-corrected chi connectivity index (χ1v) is 5.68. The van der Waals surface area contributed by atoms with Gasteiger partial charge in [-0.15, -0.1) is 0 Å². The van der Waals surface area contributed by atoms with Gasteiger partial charge >= 0.3 is 5.97 Å². The first-order valence-electron chi connectivity index (χ1n) is 5.68. The number of aromatic carboxylic acids is 1. The highest BCUT2D eigenvalue weighted by molar-refractivity contribution is 6.02. The molecule has 0 saturated heterocycles. The molecule has 6 heteroatoms. The molecule has 0 aromatic heterocycles. The van der Waals surface area contributed by atoms with Crippen LogP contribution >= 0.6 is 0 Å². The molecular formula is C13H13NO5. The molecule has 1 aliphatic rings. The van der Waals surface area contributed by atoms with Crippen LogP contribution < -0.4 is 5.32 Å². The summed E-state index contributed by atoms with van der Waals surface area (Å²) in [7, 11) is 0. The maximum absolute atomic E-state index is 11.8. The van der Waals surface area contributed by atoms with Crippen molar-refractivity contribution in [2.45, 2.75) is 6.92 Å². The number of anilines is 1. The highest BCUT2D eigenvalue weighted by Gasteiger charge is 2.16. The Balaban J connectivity index is 2.11. The lowest BCUT2D eigenvalue weighted by atomic mass is 10.1. The van der Waals surface area contributed by atoms with Gasteiger partial charge in [-0.3, -0.25) is 4.79 Å². The van der Waals surface area contributed by atoms with Crippen LogP contribution in [0.2, 0.25) is 0 Å². The lowest BCUT2D eigenvalue weighted by Gasteiger charge is -2.15. The minimum atomic E-state index is -0.998. The topological polar surface area (TPSA) is 84.9 Å². The lowest BCUT2D eigenvalue weighted by Crippen LogP contribution is -2.21. The van der Waals surface area contributed by atoms with Gasteiger partial charge in [-0.25, -0.2) is 4.79 Å². The minimum absolute atomic E-state index is 0.103. The zero-order valence-corrected chi connectivity index (χ0v) is 10.3. The van der Waals surface area contributed by atoms with Crippen LogP contribution in [0.5, 0.6) is 0 Å². The van der Waals surface area contributed by atoms with E-state index < -0.39 is 11.9 Å². The molecule has 0 fully saturated rings. The normalized spacial score (nSPS) is 13.8. The van der Waals surface area contributed by atoms with Crippen molar-refractivity contribution in [2.75, 3.05) is 18.5 Å². The van der Waals surface area contributed by atoms with Crippen LogP contribution in [0.25, 0.3) is 0 Å². The fourth-order valence-corrected chi connectivity index (χ4v) is 1.66. The van der Waals surface area contributed by atoms with Gasteiger partial charge in [0.15, 0.2) is 0 Å². The maximum atomic E-state index is 11.8. The first-order chi connectivity index (χ1) is 9.08. The van der Waals surface area contributed by atoms with Crippen molar-refractivity contribution in [1.29, 1.82) is 0 Å². The fraction of sp³-hybridized carbons (Fsp3) is 0.231. The number of hydrogen-bond acceptors (Lipinski definition) is 4. The highest BCUT2D eigenvalue weighted by Crippen LogP contribution is 2.16. The molecule has 2 rings (SSSR count). The van der Waals surface area contributed by atoms with Crippen molar-refractivity contribution in [1.82, 2.24) is 0 Å². The molecule has 0 aliphatic carbocycles. The van der Waals surface area contributed by atoms with Gasteiger partial charge in [-0.05, 0) is 30.7 Å². The van der Waals surface area contributed by atoms with Crippen LogP contribution in [0.4, 0.5) is 5.69 Å². The molecule has 1 heterocycles. The van der Waals surface area contributed by atoms with E-state index in [2.05, 4.69) is 5.32 Å². The van der Waals surface area contributed by atoms with Crippen LogP contribution in [0.1, 0.15) is 15.9 Å². The molecule has 100 valence electrons. The first kappa shape index (κ1) is 12.9. The summed E-state index contributed by atoms with van der Waals surface area (Å²) in [5, 5.41) is 11.5. The number of hydrogen-bond donors (Lipinski definition) is 2. The Kier molecular flexibility index (Phi) is 3.70. The van der Waals surface area contributed by atoms with E-state index in [0.29, 0.717) is 24.5 Å². The third-order valence-corrected chi connectivity index (χ3v) is 2.59. The maximum Gasteiger partial charge on any atom is 0.335 e. The summed E-state index contributed by atoms with van der Waals surface area (Å²) in [4.78, 5) is 22.7. The molecule has 1 aliphatic heterocycles. The van der Waals surface area contributed by atoms with E-state index in [1.54, 1.807) is 13.0 Å².